The van der Waals surface area contributed by atoms with Crippen molar-refractivity contribution in [2.45, 2.75) is 26.7 Å². The normalized spacial score (nSPS) is 11.2. The fourth-order valence-corrected chi connectivity index (χ4v) is 2.16. The largest absolute Gasteiger partial charge is 0.370 e. The number of nitrogens with zero attached hydrogens (tertiary/aromatic N) is 1. The number of aromatic nitrogens is 1. The third-order valence-electron chi connectivity index (χ3n) is 2.88. The highest BCUT2D eigenvalue weighted by molar-refractivity contribution is 6.35. The van der Waals surface area contributed by atoms with Gasteiger partial charge in [-0.15, -0.1) is 0 Å². The number of hydrogen-bond acceptors (Lipinski definition) is 2. The lowest BCUT2D eigenvalue weighted by molar-refractivity contribution is 0.636. The molecule has 1 aromatic carbocycles. The van der Waals surface area contributed by atoms with Gasteiger partial charge in [-0.2, -0.15) is 0 Å². The Hall–Kier alpha value is -1.35. The second-order valence-electron chi connectivity index (χ2n) is 4.54. The highest BCUT2D eigenvalue weighted by Crippen LogP contribution is 2.31. The number of pyridine rings is 1. The van der Waals surface area contributed by atoms with Gasteiger partial charge in [0.25, 0.3) is 0 Å². The van der Waals surface area contributed by atoms with Crippen LogP contribution in [0.4, 0.5) is 10.2 Å². The molecule has 0 unspecified atom stereocenters. The Labute approximate surface area is 111 Å². The number of benzene rings is 1. The first-order chi connectivity index (χ1) is 8.54. The van der Waals surface area contributed by atoms with Crippen LogP contribution in [0.5, 0.6) is 0 Å². The lowest BCUT2D eigenvalue weighted by atomic mass is 10.0. The van der Waals surface area contributed by atoms with E-state index < -0.39 is 0 Å². The molecule has 0 spiro atoms. The van der Waals surface area contributed by atoms with Gasteiger partial charge in [0.05, 0.1) is 5.02 Å². The van der Waals surface area contributed by atoms with Gasteiger partial charge in [-0.25, -0.2) is 9.37 Å². The SMILES string of the molecule is CCNc1nc2c(F)ccc(Cl)c2cc1C(C)C. The predicted molar refractivity (Wildman–Crippen MR) is 75.0 cm³/mol. The molecule has 0 bridgehead atoms. The second-order valence-corrected chi connectivity index (χ2v) is 4.94. The van der Waals surface area contributed by atoms with Crippen molar-refractivity contribution in [1.82, 2.24) is 4.98 Å². The summed E-state index contributed by atoms with van der Waals surface area (Å²) < 4.78 is 13.8. The van der Waals surface area contributed by atoms with E-state index in [0.717, 1.165) is 17.9 Å². The van der Waals surface area contributed by atoms with E-state index in [-0.39, 0.29) is 5.82 Å². The number of anilines is 1. The molecule has 4 heteroatoms. The van der Waals surface area contributed by atoms with Crippen LogP contribution in [-0.4, -0.2) is 11.5 Å². The van der Waals surface area contributed by atoms with Crippen LogP contribution in [0.3, 0.4) is 0 Å². The van der Waals surface area contributed by atoms with Crippen molar-refractivity contribution in [1.29, 1.82) is 0 Å². The van der Waals surface area contributed by atoms with Gasteiger partial charge in [0.1, 0.15) is 17.2 Å². The molecule has 0 aliphatic rings. The number of hydrogen-bond donors (Lipinski definition) is 1. The van der Waals surface area contributed by atoms with Gasteiger partial charge < -0.3 is 5.32 Å². The molecule has 0 atom stereocenters. The van der Waals surface area contributed by atoms with Gasteiger partial charge in [-0.3, -0.25) is 0 Å². The quantitative estimate of drug-likeness (QED) is 0.879. The maximum atomic E-state index is 13.8. The Morgan fingerprint density at radius 1 is 1.39 bits per heavy atom. The molecule has 0 saturated heterocycles. The van der Waals surface area contributed by atoms with E-state index in [2.05, 4.69) is 24.1 Å². The van der Waals surface area contributed by atoms with Gasteiger partial charge >= 0.3 is 0 Å². The summed E-state index contributed by atoms with van der Waals surface area (Å²) in [4.78, 5) is 4.38. The smallest absolute Gasteiger partial charge is 0.149 e. The summed E-state index contributed by atoms with van der Waals surface area (Å²) in [5.74, 6) is 0.695. The van der Waals surface area contributed by atoms with Crippen LogP contribution < -0.4 is 5.32 Å². The molecule has 0 amide bonds. The minimum absolute atomic E-state index is 0.301. The van der Waals surface area contributed by atoms with Crippen LogP contribution in [-0.2, 0) is 0 Å². The van der Waals surface area contributed by atoms with Crippen molar-refractivity contribution in [2.24, 2.45) is 0 Å². The van der Waals surface area contributed by atoms with E-state index in [1.807, 2.05) is 13.0 Å². The molecule has 1 aromatic heterocycles. The molecule has 1 heterocycles. The van der Waals surface area contributed by atoms with Crippen LogP contribution in [0.25, 0.3) is 10.9 Å². The van der Waals surface area contributed by atoms with Gasteiger partial charge in [0.15, 0.2) is 0 Å². The van der Waals surface area contributed by atoms with Crippen LogP contribution >= 0.6 is 11.6 Å². The number of rotatable bonds is 3. The third kappa shape index (κ3) is 2.27. The highest BCUT2D eigenvalue weighted by Gasteiger charge is 2.13. The summed E-state index contributed by atoms with van der Waals surface area (Å²) in [5.41, 5.74) is 1.37. The summed E-state index contributed by atoms with van der Waals surface area (Å²) in [5, 5.41) is 4.38. The predicted octanol–water partition coefficient (Wildman–Crippen LogP) is 4.58. The molecule has 0 aliphatic heterocycles. The van der Waals surface area contributed by atoms with Crippen molar-refractivity contribution >= 4 is 28.3 Å². The van der Waals surface area contributed by atoms with Gasteiger partial charge in [0.2, 0.25) is 0 Å². The molecule has 0 saturated carbocycles. The maximum absolute atomic E-state index is 13.8. The minimum Gasteiger partial charge on any atom is -0.370 e. The zero-order valence-corrected chi connectivity index (χ0v) is 11.5. The van der Waals surface area contributed by atoms with Crippen LogP contribution in [0.1, 0.15) is 32.3 Å². The van der Waals surface area contributed by atoms with Crippen LogP contribution in [0.2, 0.25) is 5.02 Å². The highest BCUT2D eigenvalue weighted by atomic mass is 35.5. The lowest BCUT2D eigenvalue weighted by Crippen LogP contribution is -2.05. The van der Waals surface area contributed by atoms with E-state index in [9.17, 15) is 4.39 Å². The fraction of sp³-hybridized carbons (Fsp3) is 0.357. The molecule has 0 aliphatic carbocycles. The minimum atomic E-state index is -0.344. The first kappa shape index (κ1) is 13.1. The van der Waals surface area contributed by atoms with E-state index in [1.165, 1.54) is 6.07 Å². The van der Waals surface area contributed by atoms with E-state index >= 15 is 0 Å². The number of halogens is 2. The molecule has 0 fully saturated rings. The molecule has 2 nitrogen and oxygen atoms in total. The second kappa shape index (κ2) is 5.11. The monoisotopic (exact) mass is 266 g/mol. The molecule has 1 N–H and O–H groups in total. The molecule has 2 aromatic rings. The van der Waals surface area contributed by atoms with Crippen molar-refractivity contribution in [3.63, 3.8) is 0 Å². The Morgan fingerprint density at radius 2 is 2.11 bits per heavy atom. The van der Waals surface area contributed by atoms with Gasteiger partial charge in [0, 0.05) is 11.9 Å². The Bertz CT molecular complexity index is 582. The summed E-state index contributed by atoms with van der Waals surface area (Å²) >= 11 is 6.11. The maximum Gasteiger partial charge on any atom is 0.149 e. The first-order valence-electron chi connectivity index (χ1n) is 6.07. The van der Waals surface area contributed by atoms with Crippen molar-refractivity contribution < 1.29 is 4.39 Å². The van der Waals surface area contributed by atoms with Gasteiger partial charge in [-0.05, 0) is 36.6 Å². The van der Waals surface area contributed by atoms with E-state index in [4.69, 9.17) is 11.6 Å². The summed E-state index contributed by atoms with van der Waals surface area (Å²) in [6, 6.07) is 4.84. The zero-order valence-electron chi connectivity index (χ0n) is 10.7. The summed E-state index contributed by atoms with van der Waals surface area (Å²) in [6.07, 6.45) is 0. The van der Waals surface area contributed by atoms with Crippen LogP contribution in [0.15, 0.2) is 18.2 Å². The third-order valence-corrected chi connectivity index (χ3v) is 3.21. The average Bonchev–Trinajstić information content (AvgIpc) is 2.34. The standard InChI is InChI=1S/C14H16ClFN2/c1-4-17-14-9(8(2)3)7-10-11(15)5-6-12(16)13(10)18-14/h5-8H,4H2,1-3H3,(H,17,18). The Balaban J connectivity index is 2.75. The summed E-state index contributed by atoms with van der Waals surface area (Å²) in [6.45, 7) is 6.90. The number of nitrogens with one attached hydrogen (secondary N) is 1. The fourth-order valence-electron chi connectivity index (χ4n) is 1.96. The Kier molecular flexibility index (Phi) is 3.71. The van der Waals surface area contributed by atoms with Crippen molar-refractivity contribution in [3.8, 4) is 0 Å². The lowest BCUT2D eigenvalue weighted by Gasteiger charge is -2.15. The molecule has 2 rings (SSSR count). The molecule has 18 heavy (non-hydrogen) atoms. The topological polar surface area (TPSA) is 24.9 Å². The summed E-state index contributed by atoms with van der Waals surface area (Å²) in [7, 11) is 0. The van der Waals surface area contributed by atoms with E-state index in [0.29, 0.717) is 21.8 Å². The molecule has 96 valence electrons. The van der Waals surface area contributed by atoms with Gasteiger partial charge in [-0.1, -0.05) is 25.4 Å². The van der Waals surface area contributed by atoms with Crippen molar-refractivity contribution in [2.75, 3.05) is 11.9 Å². The van der Waals surface area contributed by atoms with Crippen LogP contribution in [0, 0.1) is 5.82 Å². The Morgan fingerprint density at radius 3 is 2.72 bits per heavy atom. The number of fused-ring (bicyclic) bond motifs is 1. The average molecular weight is 267 g/mol. The molecular formula is C14H16ClFN2. The molecular weight excluding hydrogens is 251 g/mol. The van der Waals surface area contributed by atoms with Crippen molar-refractivity contribution in [3.05, 3.63) is 34.6 Å². The zero-order chi connectivity index (χ0) is 13.3. The first-order valence-corrected chi connectivity index (χ1v) is 6.45. The molecule has 0 radical (unpaired) electrons. The van der Waals surface area contributed by atoms with E-state index in [1.54, 1.807) is 6.07 Å².